The molecule has 10 rings (SSSR count). The van der Waals surface area contributed by atoms with Crippen LogP contribution in [0.5, 0.6) is 0 Å². The summed E-state index contributed by atoms with van der Waals surface area (Å²) in [7, 11) is 0. The molecule has 0 aliphatic heterocycles. The van der Waals surface area contributed by atoms with Gasteiger partial charge in [0.05, 0.1) is 23.4 Å². The summed E-state index contributed by atoms with van der Waals surface area (Å²) in [5, 5.41) is 42.9. The first-order valence-electron chi connectivity index (χ1n) is 21.2. The van der Waals surface area contributed by atoms with Crippen molar-refractivity contribution in [1.29, 1.82) is 0 Å². The summed E-state index contributed by atoms with van der Waals surface area (Å²) in [5.74, 6) is -0.604. The molecule has 0 unspecified atom stereocenters. The van der Waals surface area contributed by atoms with Crippen LogP contribution < -0.4 is 15.3 Å². The number of aliphatic hydroxyl groups is 1. The number of amides is 1. The number of hydrogen-bond donors (Lipinski definition) is 1. The van der Waals surface area contributed by atoms with Gasteiger partial charge < -0.3 is 50.0 Å². The van der Waals surface area contributed by atoms with Crippen molar-refractivity contribution in [3.8, 4) is 40.1 Å². The number of halogens is 6. The van der Waals surface area contributed by atoms with E-state index in [1.807, 2.05) is 111 Å². The van der Waals surface area contributed by atoms with Crippen LogP contribution in [0, 0.1) is 13.8 Å². The first kappa shape index (κ1) is 69.1. The van der Waals surface area contributed by atoms with E-state index in [9.17, 15) is 36.2 Å². The van der Waals surface area contributed by atoms with Crippen LogP contribution in [0.4, 0.5) is 26.3 Å². The molecule has 1 amide bonds. The summed E-state index contributed by atoms with van der Waals surface area (Å²) >= 11 is 0. The number of aromatic nitrogens is 15. The fourth-order valence-electron chi connectivity index (χ4n) is 5.78. The molecule has 0 spiro atoms. The summed E-state index contributed by atoms with van der Waals surface area (Å²) in [4.78, 5) is 26.3. The fourth-order valence-corrected chi connectivity index (χ4v) is 5.78. The van der Waals surface area contributed by atoms with Crippen molar-refractivity contribution in [2.75, 3.05) is 0 Å². The zero-order chi connectivity index (χ0) is 51.7. The normalized spacial score (nSPS) is 10.4. The van der Waals surface area contributed by atoms with Gasteiger partial charge >= 0.3 is 12.4 Å². The van der Waals surface area contributed by atoms with Crippen molar-refractivity contribution in [2.24, 2.45) is 0 Å². The minimum Gasteiger partial charge on any atom is -0.641 e. The second-order valence-corrected chi connectivity index (χ2v) is 15.3. The van der Waals surface area contributed by atoms with Crippen LogP contribution in [0.15, 0.2) is 165 Å². The number of nitrogens with zero attached hydrogens (tertiary/aromatic N) is 16. The molecular formula is C48H42F6N16O2Zn5-4. The van der Waals surface area contributed by atoms with E-state index in [4.69, 9.17) is 0 Å². The molecule has 0 aliphatic carbocycles. The van der Waals surface area contributed by atoms with E-state index in [-0.39, 0.29) is 110 Å². The maximum Gasteiger partial charge on any atom is 0.432 e. The van der Waals surface area contributed by atoms with Gasteiger partial charge in [0.25, 0.3) is 0 Å². The monoisotopic (exact) mass is 1310 g/mol. The van der Waals surface area contributed by atoms with Crippen LogP contribution in [0.2, 0.25) is 0 Å². The number of alkyl halides is 6. The molecule has 8 aromatic heterocycles. The molecule has 8 heterocycles. The SMILES string of the molecule is CC(C)(O)c1ccccn1.Cc1cc(-c2ncnn2-c2ccccc2)[n-]n1.Cc1cc(-n2cccn2)[n-]n1.FC(F)(F)c1cc(-c2cn(-c3ccccc3)cn2)[n-]n1.O=C([N-]Cc1ccccn1)C(F)(F)F.[Zn].[Zn].[Zn].[Zn].[Zn]. The van der Waals surface area contributed by atoms with Gasteiger partial charge in [0.1, 0.15) is 23.4 Å². The molecule has 2 aromatic carbocycles. The number of carbonyl (C=O) groups excluding carboxylic acids is 1. The van der Waals surface area contributed by atoms with Crippen LogP contribution in [0.3, 0.4) is 0 Å². The second-order valence-electron chi connectivity index (χ2n) is 15.3. The molecule has 0 saturated heterocycles. The Balaban J connectivity index is 0.000000484. The number of rotatable bonds is 8. The Hall–Kier alpha value is -5.94. The topological polar surface area (TPSA) is 224 Å². The zero-order valence-corrected chi connectivity index (χ0v) is 56.9. The van der Waals surface area contributed by atoms with Gasteiger partial charge in [-0.3, -0.25) is 20.2 Å². The molecule has 29 heteroatoms. The fraction of sp³-hybridized carbons (Fsp3) is 0.167. The molecule has 0 fully saturated rings. The van der Waals surface area contributed by atoms with Crippen molar-refractivity contribution in [3.05, 3.63) is 199 Å². The number of aryl methyl sites for hydroxylation is 2. The predicted molar refractivity (Wildman–Crippen MR) is 249 cm³/mol. The van der Waals surface area contributed by atoms with Gasteiger partial charge in [0.2, 0.25) is 0 Å². The molecule has 1 N–H and O–H groups in total. The van der Waals surface area contributed by atoms with E-state index in [2.05, 4.69) is 66.0 Å². The number of carbonyl (C=O) groups is 1. The Kier molecular flexibility index (Phi) is 29.3. The predicted octanol–water partition coefficient (Wildman–Crippen LogP) is 8.38. The minimum atomic E-state index is -4.89. The van der Waals surface area contributed by atoms with E-state index < -0.39 is 29.6 Å². The van der Waals surface area contributed by atoms with E-state index in [1.165, 1.54) is 24.9 Å². The third kappa shape index (κ3) is 21.8. The van der Waals surface area contributed by atoms with Gasteiger partial charge in [0, 0.05) is 145 Å². The van der Waals surface area contributed by atoms with Crippen molar-refractivity contribution in [3.63, 3.8) is 0 Å². The molecule has 382 valence electrons. The van der Waals surface area contributed by atoms with Crippen LogP contribution in [-0.4, -0.2) is 76.6 Å². The quantitative estimate of drug-likeness (QED) is 0.111. The Morgan fingerprint density at radius 2 is 1.22 bits per heavy atom. The van der Waals surface area contributed by atoms with E-state index >= 15 is 0 Å². The van der Waals surface area contributed by atoms with Gasteiger partial charge in [-0.15, -0.1) is 0 Å². The summed E-state index contributed by atoms with van der Waals surface area (Å²) in [6.45, 7) is 6.89. The van der Waals surface area contributed by atoms with Crippen LogP contribution in [-0.2, 0) is 121 Å². The maximum absolute atomic E-state index is 12.5. The molecule has 0 aliphatic rings. The van der Waals surface area contributed by atoms with E-state index in [0.717, 1.165) is 40.3 Å². The summed E-state index contributed by atoms with van der Waals surface area (Å²) in [6, 6.07) is 35.9. The van der Waals surface area contributed by atoms with E-state index in [0.29, 0.717) is 22.9 Å². The second kappa shape index (κ2) is 32.7. The molecular weight excluding hydrogens is 1270 g/mol. The average Bonchev–Trinajstić information content (AvgIpc) is 4.24. The minimum absolute atomic E-state index is 0. The summed E-state index contributed by atoms with van der Waals surface area (Å²) < 4.78 is 77.6. The number of para-hydroxylation sites is 2. The number of benzene rings is 2. The van der Waals surface area contributed by atoms with Gasteiger partial charge in [-0.2, -0.15) is 31.4 Å². The van der Waals surface area contributed by atoms with Gasteiger partial charge in [-0.25, -0.2) is 14.6 Å². The number of hydrogen-bond acceptors (Lipinski definition) is 11. The first-order valence-corrected chi connectivity index (χ1v) is 21.2. The molecule has 0 saturated carbocycles. The Morgan fingerprint density at radius 1 is 0.623 bits per heavy atom. The number of imidazole rings is 1. The number of pyridine rings is 2. The van der Waals surface area contributed by atoms with Crippen molar-refractivity contribution in [2.45, 2.75) is 52.2 Å². The molecule has 0 atom stereocenters. The van der Waals surface area contributed by atoms with Crippen LogP contribution in [0.1, 0.15) is 42.3 Å². The Morgan fingerprint density at radius 3 is 1.71 bits per heavy atom. The van der Waals surface area contributed by atoms with E-state index in [1.54, 1.807) is 64.6 Å². The van der Waals surface area contributed by atoms with Crippen LogP contribution in [0.25, 0.3) is 45.4 Å². The van der Waals surface area contributed by atoms with Crippen LogP contribution >= 0.6 is 0 Å². The van der Waals surface area contributed by atoms with Gasteiger partial charge in [-0.1, -0.05) is 78.7 Å². The maximum atomic E-state index is 12.5. The zero-order valence-electron chi connectivity index (χ0n) is 42.1. The molecule has 10 aromatic rings. The third-order valence-electron chi connectivity index (χ3n) is 9.20. The van der Waals surface area contributed by atoms with Gasteiger partial charge in [0.15, 0.2) is 5.91 Å². The summed E-state index contributed by atoms with van der Waals surface area (Å²) in [6.07, 6.45) is 1.91. The van der Waals surface area contributed by atoms with Crippen molar-refractivity contribution >= 4 is 5.91 Å². The summed E-state index contributed by atoms with van der Waals surface area (Å²) in [5.41, 5.74) is 4.00. The molecule has 0 bridgehead atoms. The third-order valence-corrected chi connectivity index (χ3v) is 9.20. The van der Waals surface area contributed by atoms with Crippen molar-refractivity contribution < 1.29 is 134 Å². The first-order chi connectivity index (χ1) is 34.3. The van der Waals surface area contributed by atoms with Crippen molar-refractivity contribution in [1.82, 2.24) is 74.7 Å². The molecule has 18 nitrogen and oxygen atoms in total. The Labute approximate surface area is 501 Å². The van der Waals surface area contributed by atoms with Gasteiger partial charge in [-0.05, 0) is 100 Å². The standard InChI is InChI=1S/C13H8F3N4.C12H10N5.C8H7F3N2O.C8H11NO.C7H7N4.5Zn/c14-13(15,16)12-6-10(18-19-12)11-7-20(8-17-11)9-4-2-1-3-5-9;1-9-7-11(16-15-9)12-13-8-14-17(12)10-5-3-2-4-6-10;9-8(10,11)7(14)13-5-6-3-1-2-4-12-6;1-8(2,10)7-5-3-4-6-9-7;1-6-5-7(10-9-6)11-4-2-3-8-11;;;;;/h1-8H;2-8H,1H3;1-4H,5H2,(H,13,14);3-6,10H,1-2H3;2-5H,1H3;;;;;/q2*-1;;;-1;;;;;/p-1. The average molecular weight is 1320 g/mol. The Bertz CT molecular complexity index is 3170. The largest absolute Gasteiger partial charge is 0.641 e. The molecule has 0 radical (unpaired) electrons. The smallest absolute Gasteiger partial charge is 0.432 e. The molecule has 77 heavy (non-hydrogen) atoms.